The van der Waals surface area contributed by atoms with E-state index in [4.69, 9.17) is 5.11 Å². The topological polar surface area (TPSA) is 81.2 Å². The van der Waals surface area contributed by atoms with E-state index in [1.54, 1.807) is 6.92 Å². The van der Waals surface area contributed by atoms with Gasteiger partial charge in [-0.25, -0.2) is 4.79 Å². The third-order valence-corrected chi connectivity index (χ3v) is 4.54. The van der Waals surface area contributed by atoms with Gasteiger partial charge in [-0.1, -0.05) is 0 Å². The van der Waals surface area contributed by atoms with E-state index in [2.05, 4.69) is 4.90 Å². The number of likely N-dealkylation sites (tertiary alicyclic amines) is 1. The number of aliphatic carboxylic acids is 1. The Morgan fingerprint density at radius 3 is 2.36 bits per heavy atom. The fourth-order valence-corrected chi connectivity index (χ4v) is 3.21. The van der Waals surface area contributed by atoms with Crippen LogP contribution in [0.15, 0.2) is 0 Å². The second-order valence-corrected chi connectivity index (χ2v) is 6.03. The summed E-state index contributed by atoms with van der Waals surface area (Å²) in [5.41, 5.74) is 0. The van der Waals surface area contributed by atoms with Gasteiger partial charge in [0.2, 0.25) is 11.8 Å². The molecule has 2 aliphatic heterocycles. The zero-order chi connectivity index (χ0) is 16.1. The Labute approximate surface area is 130 Å². The molecule has 0 aromatic carbocycles. The summed E-state index contributed by atoms with van der Waals surface area (Å²) < 4.78 is 0. The van der Waals surface area contributed by atoms with Gasteiger partial charge in [0.25, 0.3) is 0 Å². The summed E-state index contributed by atoms with van der Waals surface area (Å²) in [5, 5.41) is 9.10. The van der Waals surface area contributed by atoms with Crippen LogP contribution in [0, 0.1) is 0 Å². The Kier molecular flexibility index (Phi) is 5.76. The second kappa shape index (κ2) is 7.58. The SMILES string of the molecule is CC(=O)N1CCN(CCCC(=O)N2CCCC2C(=O)O)CC1. The first-order chi connectivity index (χ1) is 10.5. The summed E-state index contributed by atoms with van der Waals surface area (Å²) in [6.07, 6.45) is 2.47. The lowest BCUT2D eigenvalue weighted by molar-refractivity contribution is -0.148. The van der Waals surface area contributed by atoms with Gasteiger partial charge in [0, 0.05) is 46.1 Å². The molecule has 0 aliphatic carbocycles. The molecule has 2 amide bonds. The molecule has 0 spiro atoms. The third kappa shape index (κ3) is 4.19. The Bertz CT molecular complexity index is 433. The van der Waals surface area contributed by atoms with Gasteiger partial charge in [-0.15, -0.1) is 0 Å². The maximum absolute atomic E-state index is 12.1. The molecule has 2 saturated heterocycles. The predicted octanol–water partition coefficient (Wildman–Crippen LogP) is 0.00630. The van der Waals surface area contributed by atoms with Crippen molar-refractivity contribution in [3.63, 3.8) is 0 Å². The molecule has 2 fully saturated rings. The third-order valence-electron chi connectivity index (χ3n) is 4.54. The van der Waals surface area contributed by atoms with Crippen molar-refractivity contribution in [2.75, 3.05) is 39.3 Å². The first kappa shape index (κ1) is 16.7. The average Bonchev–Trinajstić information content (AvgIpc) is 2.97. The molecule has 0 saturated carbocycles. The van der Waals surface area contributed by atoms with Crippen LogP contribution in [0.25, 0.3) is 0 Å². The molecule has 22 heavy (non-hydrogen) atoms. The number of amides is 2. The minimum Gasteiger partial charge on any atom is -0.480 e. The number of hydrogen-bond donors (Lipinski definition) is 1. The first-order valence-corrected chi connectivity index (χ1v) is 7.99. The summed E-state index contributed by atoms with van der Waals surface area (Å²) in [7, 11) is 0. The lowest BCUT2D eigenvalue weighted by Crippen LogP contribution is -2.48. The zero-order valence-electron chi connectivity index (χ0n) is 13.2. The van der Waals surface area contributed by atoms with Gasteiger partial charge in [-0.2, -0.15) is 0 Å². The van der Waals surface area contributed by atoms with E-state index < -0.39 is 12.0 Å². The van der Waals surface area contributed by atoms with Crippen molar-refractivity contribution < 1.29 is 19.5 Å². The molecule has 2 aliphatic rings. The highest BCUT2D eigenvalue weighted by molar-refractivity contribution is 5.84. The Morgan fingerprint density at radius 1 is 1.09 bits per heavy atom. The minimum absolute atomic E-state index is 0.0488. The Hall–Kier alpha value is -1.63. The van der Waals surface area contributed by atoms with Crippen molar-refractivity contribution in [1.29, 1.82) is 0 Å². The van der Waals surface area contributed by atoms with Gasteiger partial charge in [-0.05, 0) is 25.8 Å². The lowest BCUT2D eigenvalue weighted by atomic mass is 10.2. The van der Waals surface area contributed by atoms with E-state index in [1.807, 2.05) is 4.90 Å². The predicted molar refractivity (Wildman–Crippen MR) is 80.3 cm³/mol. The monoisotopic (exact) mass is 311 g/mol. The van der Waals surface area contributed by atoms with E-state index >= 15 is 0 Å². The largest absolute Gasteiger partial charge is 0.480 e. The molecule has 124 valence electrons. The first-order valence-electron chi connectivity index (χ1n) is 7.99. The van der Waals surface area contributed by atoms with Crippen molar-refractivity contribution in [1.82, 2.24) is 14.7 Å². The van der Waals surface area contributed by atoms with Crippen molar-refractivity contribution in [3.05, 3.63) is 0 Å². The molecular weight excluding hydrogens is 286 g/mol. The summed E-state index contributed by atoms with van der Waals surface area (Å²) in [4.78, 5) is 40.1. The standard InChI is InChI=1S/C15H25N3O4/c1-12(19)17-10-8-16(9-11-17)6-3-5-14(20)18-7-2-4-13(18)15(21)22/h13H,2-11H2,1H3,(H,21,22). The molecule has 1 unspecified atom stereocenters. The molecule has 0 radical (unpaired) electrons. The van der Waals surface area contributed by atoms with Gasteiger partial charge < -0.3 is 14.9 Å². The smallest absolute Gasteiger partial charge is 0.326 e. The average molecular weight is 311 g/mol. The maximum Gasteiger partial charge on any atom is 0.326 e. The fourth-order valence-electron chi connectivity index (χ4n) is 3.21. The molecule has 1 atom stereocenters. The fraction of sp³-hybridized carbons (Fsp3) is 0.800. The Morgan fingerprint density at radius 2 is 1.77 bits per heavy atom. The van der Waals surface area contributed by atoms with Crippen molar-refractivity contribution in [3.8, 4) is 0 Å². The molecule has 2 rings (SSSR count). The van der Waals surface area contributed by atoms with Crippen LogP contribution in [0.3, 0.4) is 0 Å². The van der Waals surface area contributed by atoms with Crippen LogP contribution >= 0.6 is 0 Å². The normalized spacial score (nSPS) is 22.9. The number of carboxylic acid groups (broad SMARTS) is 1. The molecule has 0 aromatic rings. The van der Waals surface area contributed by atoms with Crippen LogP contribution < -0.4 is 0 Å². The van der Waals surface area contributed by atoms with Crippen LogP contribution in [0.4, 0.5) is 0 Å². The highest BCUT2D eigenvalue weighted by Gasteiger charge is 2.33. The number of nitrogens with zero attached hydrogens (tertiary/aromatic N) is 3. The van der Waals surface area contributed by atoms with Crippen LogP contribution in [0.1, 0.15) is 32.6 Å². The molecule has 2 heterocycles. The quantitative estimate of drug-likeness (QED) is 0.773. The van der Waals surface area contributed by atoms with Gasteiger partial charge >= 0.3 is 5.97 Å². The highest BCUT2D eigenvalue weighted by Crippen LogP contribution is 2.19. The summed E-state index contributed by atoms with van der Waals surface area (Å²) >= 11 is 0. The van der Waals surface area contributed by atoms with Gasteiger partial charge in [0.05, 0.1) is 0 Å². The molecule has 1 N–H and O–H groups in total. The number of piperazine rings is 1. The Balaban J connectivity index is 1.67. The number of carboxylic acids is 1. The molecule has 7 heteroatoms. The number of hydrogen-bond acceptors (Lipinski definition) is 4. The lowest BCUT2D eigenvalue weighted by Gasteiger charge is -2.34. The minimum atomic E-state index is -0.897. The second-order valence-electron chi connectivity index (χ2n) is 6.03. The number of rotatable bonds is 5. The summed E-state index contributed by atoms with van der Waals surface area (Å²) in [5.74, 6) is -0.831. The van der Waals surface area contributed by atoms with Crippen molar-refractivity contribution in [2.45, 2.75) is 38.6 Å². The molecule has 0 bridgehead atoms. The highest BCUT2D eigenvalue weighted by atomic mass is 16.4. The van der Waals surface area contributed by atoms with E-state index in [0.29, 0.717) is 19.4 Å². The number of carbonyl (C=O) groups is 3. The summed E-state index contributed by atoms with van der Waals surface area (Å²) in [6.45, 7) is 6.15. The number of carbonyl (C=O) groups excluding carboxylic acids is 2. The summed E-state index contributed by atoms with van der Waals surface area (Å²) in [6, 6.07) is -0.633. The van der Waals surface area contributed by atoms with Gasteiger partial charge in [0.1, 0.15) is 6.04 Å². The van der Waals surface area contributed by atoms with Crippen molar-refractivity contribution >= 4 is 17.8 Å². The van der Waals surface area contributed by atoms with Crippen LogP contribution in [-0.2, 0) is 14.4 Å². The van der Waals surface area contributed by atoms with Crippen LogP contribution in [-0.4, -0.2) is 82.9 Å². The molecule has 0 aromatic heterocycles. The zero-order valence-corrected chi connectivity index (χ0v) is 13.2. The van der Waals surface area contributed by atoms with E-state index in [1.165, 1.54) is 4.90 Å². The van der Waals surface area contributed by atoms with E-state index in [-0.39, 0.29) is 11.8 Å². The van der Waals surface area contributed by atoms with E-state index in [0.717, 1.165) is 45.6 Å². The van der Waals surface area contributed by atoms with Gasteiger partial charge in [-0.3, -0.25) is 14.5 Å². The van der Waals surface area contributed by atoms with Crippen LogP contribution in [0.2, 0.25) is 0 Å². The van der Waals surface area contributed by atoms with Crippen molar-refractivity contribution in [2.24, 2.45) is 0 Å². The molecule has 7 nitrogen and oxygen atoms in total. The van der Waals surface area contributed by atoms with E-state index in [9.17, 15) is 14.4 Å². The van der Waals surface area contributed by atoms with Crippen LogP contribution in [0.5, 0.6) is 0 Å². The van der Waals surface area contributed by atoms with Gasteiger partial charge in [0.15, 0.2) is 0 Å². The maximum atomic E-state index is 12.1. The molecular formula is C15H25N3O4.